The van der Waals surface area contributed by atoms with Crippen LogP contribution in [0.1, 0.15) is 58.3 Å². The lowest BCUT2D eigenvalue weighted by atomic mass is 9.49. The number of hydrogen-bond donors (Lipinski definition) is 1. The van der Waals surface area contributed by atoms with Gasteiger partial charge >= 0.3 is 27.3 Å². The van der Waals surface area contributed by atoms with Crippen molar-refractivity contribution < 1.29 is 50.4 Å². The van der Waals surface area contributed by atoms with Gasteiger partial charge in [-0.05, 0) is 68.6 Å². The zero-order chi connectivity index (χ0) is 27.4. The number of carbonyl (C=O) groups excluding carboxylic acids is 4. The van der Waals surface area contributed by atoms with E-state index in [9.17, 15) is 36.4 Å². The third kappa shape index (κ3) is 3.66. The molecular weight excluding hydrogens is 528 g/mol. The van der Waals surface area contributed by atoms with Crippen molar-refractivity contribution in [2.45, 2.75) is 75.7 Å². The van der Waals surface area contributed by atoms with Gasteiger partial charge in [-0.1, -0.05) is 6.92 Å². The Morgan fingerprint density at radius 2 is 1.63 bits per heavy atom. The summed E-state index contributed by atoms with van der Waals surface area (Å²) in [6.07, 6.45) is 4.72. The molecule has 0 radical (unpaired) electrons. The summed E-state index contributed by atoms with van der Waals surface area (Å²) in [5, 5.41) is -4.73. The SMILES string of the molecule is CCC(=O)OC1C2CC3C(C(=O)N(C(=O)C45CC6CC(CC(C6)C4)C5)C31)C2C(=O)OCC(F)(F)S(=O)(=O)O. The number of likely N-dealkylation sites (tertiary alicyclic amines) is 1. The molecule has 1 saturated heterocycles. The topological polar surface area (TPSA) is 144 Å². The molecule has 0 aromatic heterocycles. The Kier molecular flexibility index (Phi) is 5.78. The van der Waals surface area contributed by atoms with Crippen LogP contribution in [-0.2, 0) is 38.8 Å². The third-order valence-corrected chi connectivity index (χ3v) is 11.0. The predicted octanol–water partition coefficient (Wildman–Crippen LogP) is 2.17. The molecule has 6 bridgehead atoms. The van der Waals surface area contributed by atoms with Crippen molar-refractivity contribution in [3.05, 3.63) is 0 Å². The number of carbonyl (C=O) groups is 4. The normalized spacial score (nSPS) is 42.6. The summed E-state index contributed by atoms with van der Waals surface area (Å²) in [7, 11) is -5.83. The van der Waals surface area contributed by atoms with Gasteiger partial charge in [-0.2, -0.15) is 17.2 Å². The number of nitrogens with zero attached hydrogens (tertiary/aromatic N) is 1. The highest BCUT2D eigenvalue weighted by molar-refractivity contribution is 7.86. The molecule has 6 aliphatic carbocycles. The second kappa shape index (κ2) is 8.42. The number of rotatable bonds is 7. The second-order valence-corrected chi connectivity index (χ2v) is 13.9. The molecule has 2 amide bonds. The molecule has 210 valence electrons. The van der Waals surface area contributed by atoms with E-state index in [1.165, 1.54) is 4.90 Å². The van der Waals surface area contributed by atoms with Crippen LogP contribution in [0.3, 0.4) is 0 Å². The molecule has 7 fully saturated rings. The van der Waals surface area contributed by atoms with Crippen LogP contribution in [0.4, 0.5) is 8.78 Å². The fourth-order valence-corrected chi connectivity index (χ4v) is 9.42. The highest BCUT2D eigenvalue weighted by atomic mass is 32.2. The van der Waals surface area contributed by atoms with Crippen molar-refractivity contribution in [3.63, 3.8) is 0 Å². The lowest BCUT2D eigenvalue weighted by Gasteiger charge is -2.56. The molecule has 7 rings (SSSR count). The number of esters is 2. The van der Waals surface area contributed by atoms with Gasteiger partial charge in [-0.25, -0.2) is 0 Å². The minimum atomic E-state index is -5.83. The van der Waals surface area contributed by atoms with Crippen molar-refractivity contribution in [2.24, 2.45) is 46.8 Å². The second-order valence-electron chi connectivity index (χ2n) is 12.3. The van der Waals surface area contributed by atoms with Gasteiger partial charge in [0.15, 0.2) is 6.61 Å². The molecule has 1 aliphatic heterocycles. The van der Waals surface area contributed by atoms with Crippen LogP contribution in [0.15, 0.2) is 0 Å². The summed E-state index contributed by atoms with van der Waals surface area (Å²) in [6.45, 7) is -0.335. The van der Waals surface area contributed by atoms with E-state index in [1.54, 1.807) is 6.92 Å². The summed E-state index contributed by atoms with van der Waals surface area (Å²) in [5.41, 5.74) is -0.654. The maximum absolute atomic E-state index is 14.2. The number of halogens is 2. The summed E-state index contributed by atoms with van der Waals surface area (Å²) < 4.78 is 68.4. The van der Waals surface area contributed by atoms with E-state index < -0.39 is 81.1 Å². The fourth-order valence-electron chi connectivity index (χ4n) is 9.21. The van der Waals surface area contributed by atoms with Gasteiger partial charge in [-0.15, -0.1) is 0 Å². The van der Waals surface area contributed by atoms with Crippen molar-refractivity contribution in [1.82, 2.24) is 4.90 Å². The van der Waals surface area contributed by atoms with Crippen molar-refractivity contribution >= 4 is 33.9 Å². The molecule has 13 heteroatoms. The Hall–Kier alpha value is -2.15. The molecule has 7 aliphatic rings. The lowest BCUT2D eigenvalue weighted by molar-refractivity contribution is -0.170. The largest absolute Gasteiger partial charge is 0.460 e. The average Bonchev–Trinajstić information content (AvgIpc) is 3.43. The number of fused-ring (bicyclic) bond motifs is 1. The molecule has 6 atom stereocenters. The maximum atomic E-state index is 14.2. The van der Waals surface area contributed by atoms with E-state index in [-0.39, 0.29) is 18.7 Å². The summed E-state index contributed by atoms with van der Waals surface area (Å²) in [5.74, 6) is -4.87. The Bertz CT molecular complexity index is 1170. The Labute approximate surface area is 218 Å². The smallest absolute Gasteiger partial charge is 0.402 e. The molecule has 1 N–H and O–H groups in total. The molecule has 0 aromatic rings. The van der Waals surface area contributed by atoms with Crippen molar-refractivity contribution in [2.75, 3.05) is 6.61 Å². The minimum Gasteiger partial charge on any atom is -0.460 e. The number of ether oxygens (including phenoxy) is 2. The first kappa shape index (κ1) is 26.1. The van der Waals surface area contributed by atoms with Crippen LogP contribution in [0.2, 0.25) is 0 Å². The highest BCUT2D eigenvalue weighted by Crippen LogP contribution is 2.64. The van der Waals surface area contributed by atoms with Crippen LogP contribution in [-0.4, -0.2) is 65.6 Å². The van der Waals surface area contributed by atoms with Crippen LogP contribution < -0.4 is 0 Å². The number of amides is 2. The van der Waals surface area contributed by atoms with Gasteiger partial charge in [-0.3, -0.25) is 28.6 Å². The Morgan fingerprint density at radius 1 is 1.05 bits per heavy atom. The van der Waals surface area contributed by atoms with E-state index in [4.69, 9.17) is 9.29 Å². The summed E-state index contributed by atoms with van der Waals surface area (Å²) in [6, 6.07) is -0.725. The van der Waals surface area contributed by atoms with Gasteiger partial charge in [0.05, 0.1) is 23.3 Å². The summed E-state index contributed by atoms with van der Waals surface area (Å²) >= 11 is 0. The molecule has 38 heavy (non-hydrogen) atoms. The average molecular weight is 560 g/mol. The van der Waals surface area contributed by atoms with Crippen LogP contribution in [0.5, 0.6) is 0 Å². The lowest BCUT2D eigenvalue weighted by Crippen LogP contribution is -2.58. The van der Waals surface area contributed by atoms with Gasteiger partial charge in [0.25, 0.3) is 0 Å². The molecule has 6 saturated carbocycles. The number of hydrogen-bond acceptors (Lipinski definition) is 8. The first-order valence-electron chi connectivity index (χ1n) is 13.3. The Balaban J connectivity index is 1.30. The standard InChI is InChI=1S/C25H31F2NO9S/c1-2-16(29)37-20-15-6-14-17(18(15)22(31)36-10-25(26,27)38(33,34)35)21(30)28(19(14)20)23(32)24-7-11-3-12(8-24)5-13(4-11)9-24/h11-15,17-20H,2-10H2,1H3,(H,33,34,35). The monoisotopic (exact) mass is 559 g/mol. The van der Waals surface area contributed by atoms with Crippen LogP contribution in [0.25, 0.3) is 0 Å². The maximum Gasteiger partial charge on any atom is 0.402 e. The van der Waals surface area contributed by atoms with E-state index >= 15 is 0 Å². The van der Waals surface area contributed by atoms with Gasteiger partial charge in [0.2, 0.25) is 11.8 Å². The Morgan fingerprint density at radius 3 is 2.16 bits per heavy atom. The van der Waals surface area contributed by atoms with Gasteiger partial charge in [0, 0.05) is 12.3 Å². The molecule has 10 nitrogen and oxygen atoms in total. The number of imide groups is 1. The molecule has 0 spiro atoms. The first-order chi connectivity index (χ1) is 17.8. The van der Waals surface area contributed by atoms with Crippen LogP contribution in [0, 0.1) is 46.8 Å². The van der Waals surface area contributed by atoms with Crippen LogP contribution >= 0.6 is 0 Å². The first-order valence-corrected chi connectivity index (χ1v) is 14.8. The van der Waals surface area contributed by atoms with Crippen molar-refractivity contribution in [1.29, 1.82) is 0 Å². The molecular formula is C25H31F2NO9S. The quantitative estimate of drug-likeness (QED) is 0.282. The zero-order valence-corrected chi connectivity index (χ0v) is 21.7. The van der Waals surface area contributed by atoms with E-state index in [0.29, 0.717) is 37.0 Å². The molecule has 0 aromatic carbocycles. The minimum absolute atomic E-state index is 0.0244. The fraction of sp³-hybridized carbons (Fsp3) is 0.840. The van der Waals surface area contributed by atoms with E-state index in [1.807, 2.05) is 0 Å². The highest BCUT2D eigenvalue weighted by Gasteiger charge is 2.73. The molecule has 1 heterocycles. The van der Waals surface area contributed by atoms with Gasteiger partial charge < -0.3 is 9.47 Å². The summed E-state index contributed by atoms with van der Waals surface area (Å²) in [4.78, 5) is 54.6. The van der Waals surface area contributed by atoms with E-state index in [0.717, 1.165) is 19.3 Å². The predicted molar refractivity (Wildman–Crippen MR) is 122 cm³/mol. The third-order valence-electron chi connectivity index (χ3n) is 10.2. The number of alkyl halides is 2. The van der Waals surface area contributed by atoms with E-state index in [2.05, 4.69) is 4.74 Å². The zero-order valence-electron chi connectivity index (χ0n) is 20.9. The van der Waals surface area contributed by atoms with Crippen molar-refractivity contribution in [3.8, 4) is 0 Å². The van der Waals surface area contributed by atoms with Gasteiger partial charge in [0.1, 0.15) is 6.10 Å². The molecule has 6 unspecified atom stereocenters.